The minimum Gasteiger partial charge on any atom is -0.382 e. The Morgan fingerprint density at radius 3 is 2.52 bits per heavy atom. The summed E-state index contributed by atoms with van der Waals surface area (Å²) < 4.78 is 5.47. The summed E-state index contributed by atoms with van der Waals surface area (Å²) in [5.74, 6) is 0.0166. The number of hydrogen-bond acceptors (Lipinski definition) is 3. The van der Waals surface area contributed by atoms with Gasteiger partial charge >= 0.3 is 0 Å². The molecule has 118 valence electrons. The van der Waals surface area contributed by atoms with Crippen LogP contribution in [0.25, 0.3) is 0 Å². The maximum absolute atomic E-state index is 12.0. The van der Waals surface area contributed by atoms with Crippen LogP contribution in [0.1, 0.15) is 43.1 Å². The first-order valence-corrected chi connectivity index (χ1v) is 7.30. The zero-order valence-corrected chi connectivity index (χ0v) is 14.3. The number of carbonyl (C=O) groups excluding carboxylic acids is 1. The number of ether oxygens (including phenoxy) is 1. The predicted molar refractivity (Wildman–Crippen MR) is 88.0 cm³/mol. The molecule has 0 bridgehead atoms. The summed E-state index contributed by atoms with van der Waals surface area (Å²) in [7, 11) is 5.26. The lowest BCUT2D eigenvalue weighted by Crippen LogP contribution is -2.31. The topological polar surface area (TPSA) is 41.6 Å². The Kier molecular flexibility index (Phi) is 5.78. The summed E-state index contributed by atoms with van der Waals surface area (Å²) >= 11 is 0. The van der Waals surface area contributed by atoms with Crippen LogP contribution in [0.4, 0.5) is 5.69 Å². The second kappa shape index (κ2) is 6.94. The molecule has 1 atom stereocenters. The van der Waals surface area contributed by atoms with E-state index in [1.54, 1.807) is 26.1 Å². The molecule has 0 aliphatic rings. The Balaban J connectivity index is 2.88. The highest BCUT2D eigenvalue weighted by atomic mass is 16.5. The van der Waals surface area contributed by atoms with E-state index in [4.69, 9.17) is 4.74 Å². The van der Waals surface area contributed by atoms with Gasteiger partial charge in [-0.25, -0.2) is 0 Å². The quantitative estimate of drug-likeness (QED) is 0.874. The molecular formula is C17H28N2O2. The molecule has 0 aliphatic heterocycles. The smallest absolute Gasteiger partial charge is 0.253 e. The second-order valence-electron chi connectivity index (χ2n) is 6.44. The lowest BCUT2D eigenvalue weighted by Gasteiger charge is -2.28. The normalized spacial score (nSPS) is 12.9. The first-order chi connectivity index (χ1) is 9.66. The van der Waals surface area contributed by atoms with Crippen LogP contribution in [-0.4, -0.2) is 43.7 Å². The lowest BCUT2D eigenvalue weighted by atomic mass is 9.99. The zero-order chi connectivity index (χ0) is 16.2. The van der Waals surface area contributed by atoms with Gasteiger partial charge in [0.05, 0.1) is 5.60 Å². The summed E-state index contributed by atoms with van der Waals surface area (Å²) in [5.41, 5.74) is 2.66. The molecule has 0 fully saturated rings. The van der Waals surface area contributed by atoms with E-state index in [-0.39, 0.29) is 17.6 Å². The molecule has 0 aliphatic carbocycles. The molecule has 0 saturated heterocycles. The molecule has 0 aromatic heterocycles. The van der Waals surface area contributed by atoms with E-state index in [0.717, 1.165) is 17.7 Å². The molecule has 1 amide bonds. The molecule has 0 spiro atoms. The van der Waals surface area contributed by atoms with Crippen molar-refractivity contribution < 1.29 is 9.53 Å². The molecule has 1 unspecified atom stereocenters. The molecule has 21 heavy (non-hydrogen) atoms. The van der Waals surface area contributed by atoms with Crippen LogP contribution in [0.3, 0.4) is 0 Å². The van der Waals surface area contributed by atoms with Crippen molar-refractivity contribution in [1.82, 2.24) is 4.90 Å². The van der Waals surface area contributed by atoms with Crippen molar-refractivity contribution >= 4 is 11.6 Å². The number of amides is 1. The SMILES string of the molecule is COC(C)(C)CC(C)Nc1cc(C(=O)N(C)C)ccc1C. The van der Waals surface area contributed by atoms with Crippen molar-refractivity contribution in [1.29, 1.82) is 0 Å². The van der Waals surface area contributed by atoms with Crippen LogP contribution in [0.15, 0.2) is 18.2 Å². The summed E-state index contributed by atoms with van der Waals surface area (Å²) in [6.07, 6.45) is 0.884. The average molecular weight is 292 g/mol. The van der Waals surface area contributed by atoms with Gasteiger partial charge < -0.3 is 15.0 Å². The van der Waals surface area contributed by atoms with Gasteiger partial charge in [0, 0.05) is 38.5 Å². The Morgan fingerprint density at radius 1 is 1.38 bits per heavy atom. The van der Waals surface area contributed by atoms with Crippen LogP contribution in [0, 0.1) is 6.92 Å². The minimum atomic E-state index is -0.169. The van der Waals surface area contributed by atoms with Crippen LogP contribution in [0.5, 0.6) is 0 Å². The van der Waals surface area contributed by atoms with Gasteiger partial charge in [0.2, 0.25) is 0 Å². The Labute approximate surface area is 128 Å². The summed E-state index contributed by atoms with van der Waals surface area (Å²) in [6.45, 7) is 8.31. The van der Waals surface area contributed by atoms with Crippen molar-refractivity contribution in [2.24, 2.45) is 0 Å². The first-order valence-electron chi connectivity index (χ1n) is 7.30. The number of nitrogens with zero attached hydrogens (tertiary/aromatic N) is 1. The Bertz CT molecular complexity index is 496. The fourth-order valence-corrected chi connectivity index (χ4v) is 2.31. The molecule has 0 heterocycles. The molecule has 1 aromatic rings. The summed E-state index contributed by atoms with van der Waals surface area (Å²) in [6, 6.07) is 6.02. The van der Waals surface area contributed by atoms with Crippen LogP contribution < -0.4 is 5.32 Å². The molecule has 4 nitrogen and oxygen atoms in total. The predicted octanol–water partition coefficient (Wildman–Crippen LogP) is 3.31. The number of aryl methyl sites for hydroxylation is 1. The van der Waals surface area contributed by atoms with Crippen molar-refractivity contribution in [3.63, 3.8) is 0 Å². The number of benzene rings is 1. The van der Waals surface area contributed by atoms with Gasteiger partial charge in [-0.05, 0) is 51.8 Å². The number of methoxy groups -OCH3 is 1. The summed E-state index contributed by atoms with van der Waals surface area (Å²) in [4.78, 5) is 13.6. The van der Waals surface area contributed by atoms with E-state index in [0.29, 0.717) is 5.56 Å². The number of anilines is 1. The van der Waals surface area contributed by atoms with Crippen molar-refractivity contribution in [3.8, 4) is 0 Å². The van der Waals surface area contributed by atoms with E-state index in [9.17, 15) is 4.79 Å². The third-order valence-electron chi connectivity index (χ3n) is 3.64. The van der Waals surface area contributed by atoms with Gasteiger partial charge in [-0.15, -0.1) is 0 Å². The number of nitrogens with one attached hydrogen (secondary N) is 1. The van der Waals surface area contributed by atoms with E-state index in [1.807, 2.05) is 25.1 Å². The highest BCUT2D eigenvalue weighted by molar-refractivity contribution is 5.95. The largest absolute Gasteiger partial charge is 0.382 e. The second-order valence-corrected chi connectivity index (χ2v) is 6.44. The molecular weight excluding hydrogens is 264 g/mol. The van der Waals surface area contributed by atoms with E-state index in [1.165, 1.54) is 0 Å². The highest BCUT2D eigenvalue weighted by Crippen LogP contribution is 2.22. The highest BCUT2D eigenvalue weighted by Gasteiger charge is 2.20. The van der Waals surface area contributed by atoms with E-state index >= 15 is 0 Å². The number of carbonyl (C=O) groups is 1. The van der Waals surface area contributed by atoms with Gasteiger partial charge in [-0.3, -0.25) is 4.79 Å². The fourth-order valence-electron chi connectivity index (χ4n) is 2.31. The summed E-state index contributed by atoms with van der Waals surface area (Å²) in [5, 5.41) is 3.48. The van der Waals surface area contributed by atoms with Gasteiger partial charge in [0.1, 0.15) is 0 Å². The van der Waals surface area contributed by atoms with Crippen molar-refractivity contribution in [3.05, 3.63) is 29.3 Å². The standard InChI is InChI=1S/C17H28N2O2/c1-12-8-9-14(16(20)19(5)6)10-15(12)18-13(2)11-17(3,4)21-7/h8-10,13,18H,11H2,1-7H3. The van der Waals surface area contributed by atoms with Gasteiger partial charge in [0.15, 0.2) is 0 Å². The minimum absolute atomic E-state index is 0.0166. The van der Waals surface area contributed by atoms with Crippen molar-refractivity contribution in [2.45, 2.75) is 45.8 Å². The molecule has 1 N–H and O–H groups in total. The van der Waals surface area contributed by atoms with E-state index < -0.39 is 0 Å². The number of rotatable bonds is 6. The molecule has 0 radical (unpaired) electrons. The van der Waals surface area contributed by atoms with Gasteiger partial charge in [-0.1, -0.05) is 6.07 Å². The van der Waals surface area contributed by atoms with Crippen LogP contribution >= 0.6 is 0 Å². The van der Waals surface area contributed by atoms with E-state index in [2.05, 4.69) is 26.1 Å². The Morgan fingerprint density at radius 2 is 2.00 bits per heavy atom. The van der Waals surface area contributed by atoms with Crippen molar-refractivity contribution in [2.75, 3.05) is 26.5 Å². The van der Waals surface area contributed by atoms with Gasteiger partial charge in [0.25, 0.3) is 5.91 Å². The van der Waals surface area contributed by atoms with Crippen LogP contribution in [-0.2, 0) is 4.74 Å². The maximum Gasteiger partial charge on any atom is 0.253 e. The number of hydrogen-bond donors (Lipinski definition) is 1. The fraction of sp³-hybridized carbons (Fsp3) is 0.588. The molecule has 1 rings (SSSR count). The lowest BCUT2D eigenvalue weighted by molar-refractivity contribution is 0.0128. The maximum atomic E-state index is 12.0. The third kappa shape index (κ3) is 5.05. The first kappa shape index (κ1) is 17.5. The zero-order valence-electron chi connectivity index (χ0n) is 14.3. The monoisotopic (exact) mass is 292 g/mol. The Hall–Kier alpha value is -1.55. The third-order valence-corrected chi connectivity index (χ3v) is 3.64. The molecule has 0 saturated carbocycles. The van der Waals surface area contributed by atoms with Gasteiger partial charge in [-0.2, -0.15) is 0 Å². The molecule has 4 heteroatoms. The average Bonchev–Trinajstić information content (AvgIpc) is 2.39. The molecule has 1 aromatic carbocycles. The van der Waals surface area contributed by atoms with Crippen LogP contribution in [0.2, 0.25) is 0 Å².